The Bertz CT molecular complexity index is 385. The van der Waals surface area contributed by atoms with E-state index < -0.39 is 17.6 Å². The number of hydrogen-bond donors (Lipinski definition) is 1. The Morgan fingerprint density at radius 3 is 2.56 bits per heavy atom. The fourth-order valence-electron chi connectivity index (χ4n) is 1.20. The maximum absolute atomic E-state index is 11.7. The van der Waals surface area contributed by atoms with Gasteiger partial charge >= 0.3 is 5.97 Å². The van der Waals surface area contributed by atoms with Crippen molar-refractivity contribution in [3.05, 3.63) is 34.3 Å². The largest absolute Gasteiger partial charge is 0.459 e. The molecule has 0 saturated heterocycles. The van der Waals surface area contributed by atoms with Gasteiger partial charge in [-0.15, -0.1) is 0 Å². The third-order valence-corrected chi connectivity index (χ3v) is 2.36. The lowest BCUT2D eigenvalue weighted by Crippen LogP contribution is -2.31. The third kappa shape index (κ3) is 3.94. The van der Waals surface area contributed by atoms with Gasteiger partial charge in [-0.1, -0.05) is 28.1 Å². The maximum Gasteiger partial charge on any atom is 0.328 e. The predicted molar refractivity (Wildman–Crippen MR) is 66.9 cm³/mol. The Morgan fingerprint density at radius 2 is 2.06 bits per heavy atom. The molecule has 2 N–H and O–H groups in total. The fraction of sp³-hybridized carbons (Fsp3) is 0.417. The molecule has 0 spiro atoms. The molecule has 0 aliphatic rings. The Morgan fingerprint density at radius 1 is 1.44 bits per heavy atom. The van der Waals surface area contributed by atoms with Gasteiger partial charge in [0.15, 0.2) is 0 Å². The number of rotatable bonds is 2. The van der Waals surface area contributed by atoms with E-state index in [1.165, 1.54) is 0 Å². The first-order chi connectivity index (χ1) is 7.29. The number of carbonyl (C=O) groups is 1. The molecule has 3 nitrogen and oxygen atoms in total. The van der Waals surface area contributed by atoms with Crippen molar-refractivity contribution in [2.75, 3.05) is 0 Å². The zero-order chi connectivity index (χ0) is 12.3. The van der Waals surface area contributed by atoms with Crippen molar-refractivity contribution < 1.29 is 9.53 Å². The molecule has 16 heavy (non-hydrogen) atoms. The van der Waals surface area contributed by atoms with Gasteiger partial charge in [0.1, 0.15) is 11.6 Å². The molecule has 0 aliphatic heterocycles. The van der Waals surface area contributed by atoms with Crippen LogP contribution in [0.4, 0.5) is 0 Å². The van der Waals surface area contributed by atoms with Crippen LogP contribution in [0.15, 0.2) is 28.7 Å². The van der Waals surface area contributed by atoms with E-state index in [2.05, 4.69) is 15.9 Å². The van der Waals surface area contributed by atoms with Crippen LogP contribution in [0.3, 0.4) is 0 Å². The quantitative estimate of drug-likeness (QED) is 0.850. The first-order valence-corrected chi connectivity index (χ1v) is 5.83. The van der Waals surface area contributed by atoms with Crippen LogP contribution in [0.1, 0.15) is 32.4 Å². The first kappa shape index (κ1) is 13.2. The zero-order valence-corrected chi connectivity index (χ0v) is 11.2. The monoisotopic (exact) mass is 285 g/mol. The van der Waals surface area contributed by atoms with Crippen LogP contribution in [0.5, 0.6) is 0 Å². The van der Waals surface area contributed by atoms with Crippen molar-refractivity contribution in [2.24, 2.45) is 5.73 Å². The van der Waals surface area contributed by atoms with Crippen molar-refractivity contribution >= 4 is 21.9 Å². The van der Waals surface area contributed by atoms with Gasteiger partial charge in [-0.05, 0) is 38.5 Å². The van der Waals surface area contributed by atoms with Crippen LogP contribution >= 0.6 is 15.9 Å². The van der Waals surface area contributed by atoms with Crippen LogP contribution < -0.4 is 5.73 Å². The Balaban J connectivity index is 2.78. The minimum atomic E-state index is -0.739. The number of nitrogens with two attached hydrogens (primary N) is 1. The van der Waals surface area contributed by atoms with Gasteiger partial charge in [0, 0.05) is 4.47 Å². The number of hydrogen-bond acceptors (Lipinski definition) is 3. The Kier molecular flexibility index (Phi) is 4.10. The van der Waals surface area contributed by atoms with Crippen LogP contribution in [-0.4, -0.2) is 11.6 Å². The van der Waals surface area contributed by atoms with E-state index >= 15 is 0 Å². The number of carbonyl (C=O) groups excluding carboxylic acids is 1. The van der Waals surface area contributed by atoms with E-state index in [1.54, 1.807) is 6.07 Å². The molecule has 1 aromatic rings. The summed E-state index contributed by atoms with van der Waals surface area (Å²) in [5, 5.41) is 0. The van der Waals surface area contributed by atoms with Crippen LogP contribution in [0.2, 0.25) is 0 Å². The molecule has 0 fully saturated rings. The summed E-state index contributed by atoms with van der Waals surface area (Å²) in [6.07, 6.45) is 0. The molecule has 88 valence electrons. The molecule has 0 saturated carbocycles. The molecule has 1 rings (SSSR count). The standard InChI is InChI=1S/C12H16BrNO2/c1-12(2,3)16-11(15)10(14)8-5-4-6-9(13)7-8/h4-7,10H,14H2,1-3H3. The summed E-state index contributed by atoms with van der Waals surface area (Å²) < 4.78 is 6.11. The molecule has 0 heterocycles. The summed E-state index contributed by atoms with van der Waals surface area (Å²) in [5.74, 6) is -0.411. The molecule has 0 radical (unpaired) electrons. The summed E-state index contributed by atoms with van der Waals surface area (Å²) in [6.45, 7) is 5.45. The lowest BCUT2D eigenvalue weighted by atomic mass is 10.1. The van der Waals surface area contributed by atoms with Gasteiger partial charge in [-0.3, -0.25) is 0 Å². The zero-order valence-electron chi connectivity index (χ0n) is 9.66. The summed E-state index contributed by atoms with van der Waals surface area (Å²) in [5.41, 5.74) is 6.05. The predicted octanol–water partition coefficient (Wildman–Crippen LogP) is 2.79. The molecular weight excluding hydrogens is 270 g/mol. The van der Waals surface area contributed by atoms with E-state index in [0.717, 1.165) is 10.0 Å². The molecule has 0 amide bonds. The molecule has 4 heteroatoms. The molecule has 1 unspecified atom stereocenters. The highest BCUT2D eigenvalue weighted by atomic mass is 79.9. The number of halogens is 1. The van der Waals surface area contributed by atoms with E-state index in [0.29, 0.717) is 0 Å². The van der Waals surface area contributed by atoms with Crippen molar-refractivity contribution in [1.29, 1.82) is 0 Å². The van der Waals surface area contributed by atoms with E-state index in [4.69, 9.17) is 10.5 Å². The first-order valence-electron chi connectivity index (χ1n) is 5.03. The highest BCUT2D eigenvalue weighted by Crippen LogP contribution is 2.19. The van der Waals surface area contributed by atoms with Gasteiger partial charge in [-0.25, -0.2) is 4.79 Å². The molecular formula is C12H16BrNO2. The summed E-state index contributed by atoms with van der Waals surface area (Å²) in [4.78, 5) is 11.7. The molecule has 0 bridgehead atoms. The van der Waals surface area contributed by atoms with Crippen molar-refractivity contribution in [2.45, 2.75) is 32.4 Å². The van der Waals surface area contributed by atoms with Gasteiger partial charge in [0.2, 0.25) is 0 Å². The summed E-state index contributed by atoms with van der Waals surface area (Å²) in [7, 11) is 0. The normalized spacial score (nSPS) is 13.3. The second-order valence-electron chi connectivity index (χ2n) is 4.57. The lowest BCUT2D eigenvalue weighted by Gasteiger charge is -2.22. The van der Waals surface area contributed by atoms with Gasteiger partial charge < -0.3 is 10.5 Å². The minimum absolute atomic E-state index is 0.411. The molecule has 1 atom stereocenters. The van der Waals surface area contributed by atoms with Crippen LogP contribution in [-0.2, 0) is 9.53 Å². The number of ether oxygens (including phenoxy) is 1. The van der Waals surface area contributed by atoms with E-state index in [1.807, 2.05) is 39.0 Å². The topological polar surface area (TPSA) is 52.3 Å². The Labute approximate surface area is 104 Å². The third-order valence-electron chi connectivity index (χ3n) is 1.87. The van der Waals surface area contributed by atoms with Crippen molar-refractivity contribution in [3.8, 4) is 0 Å². The summed E-state index contributed by atoms with van der Waals surface area (Å²) in [6, 6.07) is 6.60. The molecule has 0 aromatic heterocycles. The van der Waals surface area contributed by atoms with Gasteiger partial charge in [-0.2, -0.15) is 0 Å². The van der Waals surface area contributed by atoms with Gasteiger partial charge in [0.25, 0.3) is 0 Å². The van der Waals surface area contributed by atoms with Crippen LogP contribution in [0, 0.1) is 0 Å². The average molecular weight is 286 g/mol. The molecule has 1 aromatic carbocycles. The van der Waals surface area contributed by atoms with Crippen molar-refractivity contribution in [1.82, 2.24) is 0 Å². The SMILES string of the molecule is CC(C)(C)OC(=O)C(N)c1cccc(Br)c1. The summed E-state index contributed by atoms with van der Waals surface area (Å²) >= 11 is 3.33. The highest BCUT2D eigenvalue weighted by Gasteiger charge is 2.23. The van der Waals surface area contributed by atoms with Crippen LogP contribution in [0.25, 0.3) is 0 Å². The lowest BCUT2D eigenvalue weighted by molar-refractivity contribution is -0.156. The second kappa shape index (κ2) is 4.97. The van der Waals surface area contributed by atoms with E-state index in [-0.39, 0.29) is 0 Å². The van der Waals surface area contributed by atoms with E-state index in [9.17, 15) is 4.79 Å². The second-order valence-corrected chi connectivity index (χ2v) is 5.48. The van der Waals surface area contributed by atoms with Gasteiger partial charge in [0.05, 0.1) is 0 Å². The average Bonchev–Trinajstić information content (AvgIpc) is 2.14. The molecule has 0 aliphatic carbocycles. The van der Waals surface area contributed by atoms with Crippen molar-refractivity contribution in [3.63, 3.8) is 0 Å². The highest BCUT2D eigenvalue weighted by molar-refractivity contribution is 9.10. The minimum Gasteiger partial charge on any atom is -0.459 e. The fourth-order valence-corrected chi connectivity index (χ4v) is 1.62. The number of esters is 1. The Hall–Kier alpha value is -0.870. The maximum atomic E-state index is 11.7. The smallest absolute Gasteiger partial charge is 0.328 e. The number of benzene rings is 1.